The highest BCUT2D eigenvalue weighted by molar-refractivity contribution is 6.61. The SMILES string of the molecule is CC(Cl)OC(=O)Cl.CCN(C(C)C)C(C)C.COc1cc(N(C(=O)OC(C)Cl)c2ncc(F)c(Nc3ccc4c(n3)NC(=O)C(C)(C)O4)n2)cc(OC)c1OC.COc1cc(N(C(=O)OC(C)Cl)c2ncc(F)c(Nc3ccc4c(n3)NC(=O)C(C)(C)O4)n2)cc(OC)c1OC.COc1cc(N(C(=O)OC(C)[n+]2ccccc2)c2ncc(F)c(Nc3ccc4c(n3)NC(=O)C(C)(C)O4)n2)cc(OC)c1OC.[I-]. The molecule has 43 nitrogen and oxygen atoms in total. The summed E-state index contributed by atoms with van der Waals surface area (Å²) in [5, 5.41) is 16.2. The lowest BCUT2D eigenvalue weighted by molar-refractivity contribution is -0.752. The van der Waals surface area contributed by atoms with Crippen LogP contribution in [0.15, 0.2) is 122 Å². The van der Waals surface area contributed by atoms with Gasteiger partial charge >= 0.3 is 29.9 Å². The second-order valence-corrected chi connectivity index (χ2v) is 33.7. The Bertz CT molecular complexity index is 5860. The molecule has 3 aliphatic heterocycles. The quantitative estimate of drug-likeness (QED) is 0.00833. The maximum Gasteiger partial charge on any atom is 0.426 e. The van der Waals surface area contributed by atoms with E-state index in [9.17, 15) is 42.3 Å². The molecular formula is C91H106Cl4F3IN20O23. The van der Waals surface area contributed by atoms with Crippen molar-refractivity contribution in [1.82, 2.24) is 49.8 Å². The predicted molar refractivity (Wildman–Crippen MR) is 515 cm³/mol. The first-order valence-electron chi connectivity index (χ1n) is 42.6. The normalized spacial score (nSPS) is 13.7. The maximum absolute atomic E-state index is 15.1. The molecular weight excluding hydrogens is 2070 g/mol. The molecule has 6 N–H and O–H groups in total. The van der Waals surface area contributed by atoms with Gasteiger partial charge in [-0.2, -0.15) is 19.5 Å². The van der Waals surface area contributed by atoms with Crippen LogP contribution in [0, 0.1) is 17.5 Å². The number of aromatic nitrogens is 10. The van der Waals surface area contributed by atoms with E-state index in [0.29, 0.717) is 29.3 Å². The Morgan fingerprint density at radius 3 is 0.901 bits per heavy atom. The van der Waals surface area contributed by atoms with Gasteiger partial charge in [-0.1, -0.05) is 47.8 Å². The molecule has 4 atom stereocenters. The van der Waals surface area contributed by atoms with Gasteiger partial charge in [0.2, 0.25) is 35.1 Å². The van der Waals surface area contributed by atoms with E-state index in [-0.39, 0.29) is 163 Å². The summed E-state index contributed by atoms with van der Waals surface area (Å²) in [5.41, 5.74) is -6.33. The summed E-state index contributed by atoms with van der Waals surface area (Å²) in [7, 11) is 12.8. The molecule has 0 spiro atoms. The molecule has 3 aromatic carbocycles. The highest BCUT2D eigenvalue weighted by atomic mass is 127. The molecule has 10 aromatic rings. The monoisotopic (exact) mass is 2170 g/mol. The number of carbonyl (C=O) groups is 7. The Labute approximate surface area is 851 Å². The van der Waals surface area contributed by atoms with E-state index in [2.05, 4.69) is 121 Å². The van der Waals surface area contributed by atoms with Crippen LogP contribution in [0.4, 0.5) is 120 Å². The fraction of sp³-hybridized carbons (Fsp3) is 0.374. The van der Waals surface area contributed by atoms with Crippen molar-refractivity contribution in [3.05, 3.63) is 139 Å². The second-order valence-electron chi connectivity index (χ2n) is 31.5. The van der Waals surface area contributed by atoms with Crippen molar-refractivity contribution in [2.45, 2.75) is 156 Å². The zero-order valence-electron chi connectivity index (χ0n) is 81.4. The van der Waals surface area contributed by atoms with Crippen LogP contribution >= 0.6 is 46.4 Å². The van der Waals surface area contributed by atoms with Crippen molar-refractivity contribution < 1.29 is 151 Å². The van der Waals surface area contributed by atoms with E-state index >= 15 is 4.39 Å². The number of halogens is 8. The van der Waals surface area contributed by atoms with Crippen LogP contribution in [0.5, 0.6) is 69.0 Å². The standard InChI is InChI=1S/C30H30FN7O7.2C25H26ClFN6O7.C8H19N.C3H4Cl2O2.HI/c1-17(37-12-8-7-9-13-37)44-29(40)38(18-14-21(41-4)24(43-6)22(15-18)42-5)28-32-16-19(31)25(36-28)33-23-11-10-20-26(34-23)35-27(39)30(2,3)45-20;2*1-12(26)39-24(35)33(13-9-16(36-4)19(38-6)17(10-13)37-5)23-28-11-14(27)20(32-23)29-18-8-7-15-21(30-18)31-22(34)25(2,3)40-15;1-6-9(7(2)3)8(4)5;1-2(4)7-3(5)6;/h7-17H,1-6H3,(H-,32,33,34,35,36,39);2*7-12H,1-6H3,(H2,28,29,30,31,32,34);7-8H,6H2,1-5H3;2H,1H3;1H. The van der Waals surface area contributed by atoms with Gasteiger partial charge in [0.05, 0.1) is 99.6 Å². The van der Waals surface area contributed by atoms with Crippen LogP contribution in [0.1, 0.15) is 110 Å². The molecule has 0 radical (unpaired) electrons. The molecule has 4 unspecified atom stereocenters. The summed E-state index contributed by atoms with van der Waals surface area (Å²) in [6, 6.07) is 24.8. The molecule has 142 heavy (non-hydrogen) atoms. The first-order chi connectivity index (χ1) is 66.7. The van der Waals surface area contributed by atoms with Crippen molar-refractivity contribution in [2.24, 2.45) is 0 Å². The van der Waals surface area contributed by atoms with E-state index in [1.54, 1.807) is 95.8 Å². The van der Waals surface area contributed by atoms with Gasteiger partial charge in [0.25, 0.3) is 17.7 Å². The first kappa shape index (κ1) is 113. The van der Waals surface area contributed by atoms with Gasteiger partial charge in [0.1, 0.15) is 17.5 Å². The number of alkyl halides is 3. The minimum absolute atomic E-state index is 0. The van der Waals surface area contributed by atoms with Crippen LogP contribution in [0.3, 0.4) is 0 Å². The smallest absolute Gasteiger partial charge is 0.426 e. The molecule has 51 heteroatoms. The maximum atomic E-state index is 15.1. The van der Waals surface area contributed by atoms with E-state index in [0.717, 1.165) is 39.8 Å². The zero-order chi connectivity index (χ0) is 104. The van der Waals surface area contributed by atoms with Gasteiger partial charge in [0, 0.05) is 79.1 Å². The Hall–Kier alpha value is -14.2. The summed E-state index contributed by atoms with van der Waals surface area (Å²) in [6.07, 6.45) is 2.51. The summed E-state index contributed by atoms with van der Waals surface area (Å²) in [6.45, 7) is 28.1. The van der Waals surface area contributed by atoms with Gasteiger partial charge in [-0.3, -0.25) is 19.3 Å². The van der Waals surface area contributed by atoms with Crippen LogP contribution in [-0.4, -0.2) is 207 Å². The Balaban J connectivity index is 0.000000241. The van der Waals surface area contributed by atoms with Gasteiger partial charge in [-0.05, 0) is 133 Å². The van der Waals surface area contributed by atoms with Crippen LogP contribution in [0.2, 0.25) is 0 Å². The minimum atomic E-state index is -1.08. The third-order valence-corrected chi connectivity index (χ3v) is 20.1. The van der Waals surface area contributed by atoms with E-state index in [1.165, 1.54) is 139 Å². The van der Waals surface area contributed by atoms with Crippen molar-refractivity contribution in [2.75, 3.05) is 117 Å². The number of nitrogens with one attached hydrogen (secondary N) is 6. The molecule has 3 aliphatic rings. The third-order valence-electron chi connectivity index (χ3n) is 19.7. The lowest BCUT2D eigenvalue weighted by Gasteiger charge is -2.30. The molecule has 7 aromatic heterocycles. The largest absolute Gasteiger partial charge is 1.00 e. The predicted octanol–water partition coefficient (Wildman–Crippen LogP) is 15.2. The number of carbonyl (C=O) groups excluding carboxylic acids is 7. The summed E-state index contributed by atoms with van der Waals surface area (Å²) in [4.78, 5) is 130. The number of hydrogen-bond acceptors (Lipinski definition) is 36. The van der Waals surface area contributed by atoms with Crippen molar-refractivity contribution in [3.8, 4) is 69.0 Å². The van der Waals surface area contributed by atoms with E-state index < -0.39 is 98.6 Å². The summed E-state index contributed by atoms with van der Waals surface area (Å²) in [5.74, 6) is -1.48. The molecule has 764 valence electrons. The van der Waals surface area contributed by atoms with Gasteiger partial charge in [-0.15, -0.1) is 0 Å². The average Bonchev–Trinajstić information content (AvgIpc) is 0.794. The lowest BCUT2D eigenvalue weighted by atomic mass is 10.1. The highest BCUT2D eigenvalue weighted by Crippen LogP contribution is 2.48. The Morgan fingerprint density at radius 1 is 0.415 bits per heavy atom. The number of fused-ring (bicyclic) bond motifs is 3. The van der Waals surface area contributed by atoms with E-state index in [4.69, 9.17) is 117 Å². The van der Waals surface area contributed by atoms with Crippen LogP contribution in [0.25, 0.3) is 0 Å². The molecule has 13 rings (SSSR count). The average molecular weight is 2170 g/mol. The van der Waals surface area contributed by atoms with E-state index in [1.807, 2.05) is 6.07 Å². The molecule has 0 saturated carbocycles. The third kappa shape index (κ3) is 28.8. The molecule has 0 fully saturated rings. The van der Waals surface area contributed by atoms with Crippen molar-refractivity contribution in [3.63, 3.8) is 0 Å². The number of rotatable bonds is 29. The van der Waals surface area contributed by atoms with Crippen LogP contribution < -0.4 is 132 Å². The fourth-order valence-corrected chi connectivity index (χ4v) is 13.5. The molecule has 0 bridgehead atoms. The number of amides is 6. The van der Waals surface area contributed by atoms with Gasteiger partial charge in [0.15, 0.2) is 150 Å². The minimum Gasteiger partial charge on any atom is -1.00 e. The Kier molecular flexibility index (Phi) is 40.1. The van der Waals surface area contributed by atoms with Gasteiger partial charge < -0.3 is 132 Å². The van der Waals surface area contributed by atoms with Crippen molar-refractivity contribution >= 4 is 175 Å². The molecule has 10 heterocycles. The number of nitrogens with zero attached hydrogens (tertiary/aromatic N) is 14. The number of hydrogen-bond donors (Lipinski definition) is 6. The Morgan fingerprint density at radius 2 is 0.683 bits per heavy atom. The van der Waals surface area contributed by atoms with Crippen molar-refractivity contribution in [1.29, 1.82) is 0 Å². The second kappa shape index (κ2) is 50.3. The zero-order valence-corrected chi connectivity index (χ0v) is 86.6. The summed E-state index contributed by atoms with van der Waals surface area (Å²) < 4.78 is 132. The highest BCUT2D eigenvalue weighted by Gasteiger charge is 2.41. The van der Waals surface area contributed by atoms with Crippen LogP contribution in [-0.2, 0) is 33.3 Å². The topological polar surface area (TPSA) is 472 Å². The number of anilines is 15. The molecule has 0 saturated heterocycles. The first-order valence-corrected chi connectivity index (χ1v) is 44.2. The fourth-order valence-electron chi connectivity index (χ4n) is 13.1. The number of benzene rings is 3. The number of methoxy groups -OCH3 is 9. The van der Waals surface area contributed by atoms with Gasteiger partial charge in [-0.25, -0.2) is 77.0 Å². The lowest BCUT2D eigenvalue weighted by Crippen LogP contribution is -3.00. The number of ether oxygens (including phenoxy) is 16. The number of pyridine rings is 4. The molecule has 0 aliphatic carbocycles. The molecule has 6 amide bonds. The summed E-state index contributed by atoms with van der Waals surface area (Å²) >= 11 is 21.7.